The largest absolute Gasteiger partial charge is 0.456 e. The zero-order valence-electron chi connectivity index (χ0n) is 26.5. The monoisotopic (exact) mass is 643 g/mol. The van der Waals surface area contributed by atoms with Gasteiger partial charge in [0, 0.05) is 26.5 Å². The maximum atomic E-state index is 6.77. The Morgan fingerprint density at radius 1 is 0.408 bits per heavy atom. The van der Waals surface area contributed by atoms with Crippen LogP contribution < -0.4 is 4.90 Å². The highest BCUT2D eigenvalue weighted by atomic mass is 32.1. The first kappa shape index (κ1) is 27.9. The van der Waals surface area contributed by atoms with Gasteiger partial charge in [-0.25, -0.2) is 0 Å². The van der Waals surface area contributed by atoms with Crippen molar-refractivity contribution < 1.29 is 4.42 Å². The van der Waals surface area contributed by atoms with Crippen molar-refractivity contribution in [1.29, 1.82) is 0 Å². The molecule has 0 N–H and O–H groups in total. The van der Waals surface area contributed by atoms with E-state index < -0.39 is 0 Å². The van der Waals surface area contributed by atoms with E-state index in [4.69, 9.17) is 4.42 Å². The van der Waals surface area contributed by atoms with Crippen molar-refractivity contribution >= 4 is 81.3 Å². The van der Waals surface area contributed by atoms with Gasteiger partial charge in [-0.3, -0.25) is 0 Å². The van der Waals surface area contributed by atoms with Crippen LogP contribution in [0.3, 0.4) is 0 Å². The van der Waals surface area contributed by atoms with Gasteiger partial charge in [-0.1, -0.05) is 133 Å². The normalized spacial score (nSPS) is 11.7. The highest BCUT2D eigenvalue weighted by molar-refractivity contribution is 7.26. The van der Waals surface area contributed by atoms with E-state index in [1.54, 1.807) is 0 Å². The number of anilines is 3. The second kappa shape index (κ2) is 11.2. The summed E-state index contributed by atoms with van der Waals surface area (Å²) in [6.07, 6.45) is 0. The summed E-state index contributed by atoms with van der Waals surface area (Å²) in [5, 5.41) is 7.20. The summed E-state index contributed by atoms with van der Waals surface area (Å²) in [6.45, 7) is 0. The summed E-state index contributed by atoms with van der Waals surface area (Å²) in [7, 11) is 0. The quantitative estimate of drug-likeness (QED) is 0.186. The third kappa shape index (κ3) is 4.47. The third-order valence-corrected chi connectivity index (χ3v) is 10.9. The van der Waals surface area contributed by atoms with Gasteiger partial charge in [0.2, 0.25) is 0 Å². The number of hydrogen-bond acceptors (Lipinski definition) is 3. The van der Waals surface area contributed by atoms with Gasteiger partial charge in [-0.05, 0) is 75.5 Å². The Morgan fingerprint density at radius 2 is 1.02 bits per heavy atom. The smallest absolute Gasteiger partial charge is 0.137 e. The molecule has 10 rings (SSSR count). The highest BCUT2D eigenvalue weighted by Gasteiger charge is 2.24. The fraction of sp³-hybridized carbons (Fsp3) is 0. The van der Waals surface area contributed by atoms with Crippen LogP contribution in [0.2, 0.25) is 0 Å². The maximum absolute atomic E-state index is 6.77. The van der Waals surface area contributed by atoms with E-state index in [0.29, 0.717) is 0 Å². The molecule has 0 saturated carbocycles. The Morgan fingerprint density at radius 3 is 1.82 bits per heavy atom. The summed E-state index contributed by atoms with van der Waals surface area (Å²) in [5.41, 5.74) is 9.84. The van der Waals surface area contributed by atoms with Crippen molar-refractivity contribution in [2.75, 3.05) is 4.90 Å². The molecule has 0 aliphatic carbocycles. The van der Waals surface area contributed by atoms with Gasteiger partial charge in [0.25, 0.3) is 0 Å². The van der Waals surface area contributed by atoms with Gasteiger partial charge in [-0.2, -0.15) is 0 Å². The van der Waals surface area contributed by atoms with Crippen LogP contribution >= 0.6 is 11.3 Å². The Labute approximate surface area is 287 Å². The number of rotatable bonds is 5. The minimum absolute atomic E-state index is 0.872. The molecule has 2 aromatic heterocycles. The van der Waals surface area contributed by atoms with Gasteiger partial charge in [0.1, 0.15) is 11.2 Å². The topological polar surface area (TPSA) is 16.4 Å². The second-order valence-electron chi connectivity index (χ2n) is 12.5. The van der Waals surface area contributed by atoms with E-state index in [1.807, 2.05) is 11.3 Å². The number of hydrogen-bond donors (Lipinski definition) is 0. The molecule has 2 nitrogen and oxygen atoms in total. The van der Waals surface area contributed by atoms with Crippen LogP contribution in [0.1, 0.15) is 0 Å². The molecule has 2 heterocycles. The van der Waals surface area contributed by atoms with Gasteiger partial charge in [0.05, 0.1) is 21.5 Å². The minimum atomic E-state index is 0.872. The van der Waals surface area contributed by atoms with E-state index >= 15 is 0 Å². The third-order valence-electron chi connectivity index (χ3n) is 9.67. The molecular formula is C46H29NOS. The molecule has 49 heavy (non-hydrogen) atoms. The minimum Gasteiger partial charge on any atom is -0.456 e. The molecule has 8 aromatic carbocycles. The van der Waals surface area contributed by atoms with Crippen molar-refractivity contribution in [1.82, 2.24) is 0 Å². The lowest BCUT2D eigenvalue weighted by atomic mass is 9.94. The zero-order chi connectivity index (χ0) is 32.3. The molecule has 10 aromatic rings. The average Bonchev–Trinajstić information content (AvgIpc) is 3.75. The summed E-state index contributed by atoms with van der Waals surface area (Å²) in [5.74, 6) is 0. The molecular weight excluding hydrogens is 615 g/mol. The van der Waals surface area contributed by atoms with E-state index in [-0.39, 0.29) is 0 Å². The molecule has 230 valence electrons. The highest BCUT2D eigenvalue weighted by Crippen LogP contribution is 2.49. The molecule has 0 atom stereocenters. The molecule has 0 amide bonds. The van der Waals surface area contributed by atoms with E-state index in [9.17, 15) is 0 Å². The predicted octanol–water partition coefficient (Wildman–Crippen LogP) is 13.9. The number of fused-ring (bicyclic) bond motifs is 8. The van der Waals surface area contributed by atoms with Crippen LogP contribution in [0.25, 0.3) is 75.1 Å². The maximum Gasteiger partial charge on any atom is 0.137 e. The van der Waals surface area contributed by atoms with Gasteiger partial charge in [0.15, 0.2) is 0 Å². The number of benzene rings is 8. The van der Waals surface area contributed by atoms with E-state index in [2.05, 4.69) is 181 Å². The lowest BCUT2D eigenvalue weighted by Crippen LogP contribution is -2.10. The summed E-state index contributed by atoms with van der Waals surface area (Å²) in [6, 6.07) is 63.0. The molecule has 0 spiro atoms. The molecule has 0 saturated heterocycles. The summed E-state index contributed by atoms with van der Waals surface area (Å²) in [4.78, 5) is 2.43. The second-order valence-corrected chi connectivity index (χ2v) is 13.5. The Hall–Kier alpha value is -6.16. The van der Waals surface area contributed by atoms with Crippen molar-refractivity contribution in [3.8, 4) is 22.3 Å². The fourth-order valence-corrected chi connectivity index (χ4v) is 8.66. The molecule has 3 heteroatoms. The Bertz CT molecular complexity index is 2810. The first-order chi connectivity index (χ1) is 24.3. The van der Waals surface area contributed by atoms with Crippen LogP contribution in [-0.2, 0) is 0 Å². The molecule has 0 aliphatic heterocycles. The van der Waals surface area contributed by atoms with Crippen molar-refractivity contribution in [2.24, 2.45) is 0 Å². The predicted molar refractivity (Wildman–Crippen MR) is 210 cm³/mol. The molecule has 0 unspecified atom stereocenters. The Kier molecular flexibility index (Phi) is 6.39. The number of thiophene rings is 1. The van der Waals surface area contributed by atoms with Crippen LogP contribution in [0.5, 0.6) is 0 Å². The van der Waals surface area contributed by atoms with Gasteiger partial charge >= 0.3 is 0 Å². The van der Waals surface area contributed by atoms with Gasteiger partial charge < -0.3 is 9.32 Å². The average molecular weight is 644 g/mol. The summed E-state index contributed by atoms with van der Waals surface area (Å²) >= 11 is 1.85. The van der Waals surface area contributed by atoms with Crippen molar-refractivity contribution in [3.05, 3.63) is 176 Å². The van der Waals surface area contributed by atoms with Crippen LogP contribution in [0, 0.1) is 0 Å². The lowest BCUT2D eigenvalue weighted by Gasteiger charge is -2.27. The molecule has 0 fully saturated rings. The van der Waals surface area contributed by atoms with E-state index in [1.165, 1.54) is 53.2 Å². The molecule has 0 bridgehead atoms. The van der Waals surface area contributed by atoms with Crippen LogP contribution in [-0.4, -0.2) is 0 Å². The fourth-order valence-electron chi connectivity index (χ4n) is 7.46. The van der Waals surface area contributed by atoms with Gasteiger partial charge in [-0.15, -0.1) is 11.3 Å². The number of nitrogens with zero attached hydrogens (tertiary/aromatic N) is 1. The lowest BCUT2D eigenvalue weighted by molar-refractivity contribution is 0.669. The first-order valence-electron chi connectivity index (χ1n) is 16.6. The summed E-state index contributed by atoms with van der Waals surface area (Å²) < 4.78 is 9.32. The SMILES string of the molecule is c1ccc(-c2ccc(N(c3cccc4c3sc3ccccc34)c3cccc4oc5cc(-c6ccccc6)c6ccccc6c5c34)cc2)cc1. The van der Waals surface area contributed by atoms with E-state index in [0.717, 1.165) is 39.0 Å². The van der Waals surface area contributed by atoms with Crippen molar-refractivity contribution in [3.63, 3.8) is 0 Å². The molecule has 0 aliphatic rings. The standard InChI is InChI=1S/C46H29NOS/c1-3-13-30(14-4-1)31-25-27-33(28-26-31)47(40-22-11-20-37-35-18-9-10-24-43(35)49-46(37)40)39-21-12-23-41-45(39)44-36-19-8-7-17-34(36)38(29-42(44)48-41)32-15-5-2-6-16-32/h1-29H. The Balaban J connectivity index is 1.28. The first-order valence-corrected chi connectivity index (χ1v) is 17.4. The van der Waals surface area contributed by atoms with Crippen LogP contribution in [0.15, 0.2) is 180 Å². The zero-order valence-corrected chi connectivity index (χ0v) is 27.3. The molecule has 0 radical (unpaired) electrons. The number of furan rings is 1. The van der Waals surface area contributed by atoms with Crippen LogP contribution in [0.4, 0.5) is 17.1 Å². The van der Waals surface area contributed by atoms with Crippen molar-refractivity contribution in [2.45, 2.75) is 0 Å².